The van der Waals surface area contributed by atoms with Crippen LogP contribution in [0.5, 0.6) is 0 Å². The van der Waals surface area contributed by atoms with Crippen molar-refractivity contribution in [3.8, 4) is 0 Å². The second-order valence-electron chi connectivity index (χ2n) is 7.23. The van der Waals surface area contributed by atoms with Gasteiger partial charge in [-0.15, -0.1) is 24.0 Å². The van der Waals surface area contributed by atoms with Crippen molar-refractivity contribution in [2.24, 2.45) is 10.9 Å². The number of nitrogens with zero attached hydrogens (tertiary/aromatic N) is 1. The van der Waals surface area contributed by atoms with Crippen LogP contribution < -0.4 is 15.4 Å². The Hall–Kier alpha value is -0.910. The van der Waals surface area contributed by atoms with Gasteiger partial charge in [-0.25, -0.2) is 13.1 Å². The Kier molecular flexibility index (Phi) is 10.7. The van der Waals surface area contributed by atoms with Crippen LogP contribution in [0.15, 0.2) is 34.2 Å². The van der Waals surface area contributed by atoms with Gasteiger partial charge in [0.1, 0.15) is 0 Å². The molecule has 1 aromatic carbocycles. The number of ether oxygens (including phenoxy) is 1. The standard InChI is InChI=1S/C19H32N4O3S.HI/c1-14(2)15(3)23-19(20-4)21-12-16-7-9-18(10-8-16)27(24,25)22-13-17-6-5-11-26-17;/h7-10,14-15,17,22H,5-6,11-13H2,1-4H3,(H2,20,21,23);1H. The van der Waals surface area contributed by atoms with Crippen molar-refractivity contribution in [1.29, 1.82) is 0 Å². The molecule has 0 bridgehead atoms. The first-order valence-corrected chi connectivity index (χ1v) is 11.0. The summed E-state index contributed by atoms with van der Waals surface area (Å²) in [5.74, 6) is 1.22. The lowest BCUT2D eigenvalue weighted by Crippen LogP contribution is -2.43. The van der Waals surface area contributed by atoms with E-state index in [9.17, 15) is 8.42 Å². The number of hydrogen-bond acceptors (Lipinski definition) is 4. The van der Waals surface area contributed by atoms with Crippen molar-refractivity contribution in [3.63, 3.8) is 0 Å². The van der Waals surface area contributed by atoms with E-state index in [2.05, 4.69) is 41.1 Å². The van der Waals surface area contributed by atoms with Gasteiger partial charge in [-0.2, -0.15) is 0 Å². The minimum absolute atomic E-state index is 0. The fourth-order valence-corrected chi connectivity index (χ4v) is 3.71. The summed E-state index contributed by atoms with van der Waals surface area (Å²) in [6.07, 6.45) is 1.87. The molecule has 1 fully saturated rings. The van der Waals surface area contributed by atoms with Gasteiger partial charge in [0.25, 0.3) is 0 Å². The number of halogens is 1. The highest BCUT2D eigenvalue weighted by molar-refractivity contribution is 14.0. The Labute approximate surface area is 186 Å². The van der Waals surface area contributed by atoms with Crippen LogP contribution in [0.4, 0.5) is 0 Å². The maximum absolute atomic E-state index is 12.4. The molecule has 1 saturated heterocycles. The Morgan fingerprint density at radius 2 is 1.93 bits per heavy atom. The minimum Gasteiger partial charge on any atom is -0.377 e. The Balaban J connectivity index is 0.00000392. The fourth-order valence-electron chi connectivity index (χ4n) is 2.64. The summed E-state index contributed by atoms with van der Waals surface area (Å²) in [6.45, 7) is 8.01. The summed E-state index contributed by atoms with van der Waals surface area (Å²) < 4.78 is 32.9. The number of rotatable bonds is 8. The number of guanidine groups is 1. The first-order valence-electron chi connectivity index (χ1n) is 9.49. The Bertz CT molecular complexity index is 717. The monoisotopic (exact) mass is 524 g/mol. The maximum Gasteiger partial charge on any atom is 0.240 e. The van der Waals surface area contributed by atoms with E-state index in [1.54, 1.807) is 19.2 Å². The van der Waals surface area contributed by atoms with Crippen LogP contribution in [-0.4, -0.2) is 46.7 Å². The van der Waals surface area contributed by atoms with Crippen molar-refractivity contribution in [3.05, 3.63) is 29.8 Å². The van der Waals surface area contributed by atoms with Gasteiger partial charge in [0.2, 0.25) is 10.0 Å². The molecule has 1 aliphatic rings. The zero-order valence-electron chi connectivity index (χ0n) is 17.1. The highest BCUT2D eigenvalue weighted by Crippen LogP contribution is 2.14. The van der Waals surface area contributed by atoms with Crippen LogP contribution in [0.25, 0.3) is 0 Å². The third kappa shape index (κ3) is 7.84. The van der Waals surface area contributed by atoms with Crippen molar-refractivity contribution < 1.29 is 13.2 Å². The van der Waals surface area contributed by atoms with Crippen molar-refractivity contribution in [2.45, 2.75) is 57.2 Å². The third-order valence-electron chi connectivity index (χ3n) is 4.81. The zero-order valence-corrected chi connectivity index (χ0v) is 20.2. The lowest BCUT2D eigenvalue weighted by atomic mass is 10.1. The summed E-state index contributed by atoms with van der Waals surface area (Å²) in [4.78, 5) is 4.49. The normalized spacial score (nSPS) is 18.6. The first-order chi connectivity index (χ1) is 12.8. The summed E-state index contributed by atoms with van der Waals surface area (Å²) in [5, 5.41) is 6.59. The molecule has 9 heteroatoms. The highest BCUT2D eigenvalue weighted by Gasteiger charge is 2.20. The Morgan fingerprint density at radius 3 is 2.46 bits per heavy atom. The molecular weight excluding hydrogens is 491 g/mol. The molecule has 7 nitrogen and oxygen atoms in total. The van der Waals surface area contributed by atoms with Crippen LogP contribution in [-0.2, 0) is 21.3 Å². The molecule has 1 aliphatic heterocycles. The maximum atomic E-state index is 12.4. The van der Waals surface area contributed by atoms with Crippen LogP contribution >= 0.6 is 24.0 Å². The summed E-state index contributed by atoms with van der Waals surface area (Å²) >= 11 is 0. The quantitative estimate of drug-likeness (QED) is 0.276. The molecule has 1 aromatic rings. The predicted molar refractivity (Wildman–Crippen MR) is 124 cm³/mol. The second-order valence-corrected chi connectivity index (χ2v) is 9.00. The highest BCUT2D eigenvalue weighted by atomic mass is 127. The average molecular weight is 524 g/mol. The van der Waals surface area contributed by atoms with Crippen molar-refractivity contribution >= 4 is 40.0 Å². The van der Waals surface area contributed by atoms with Gasteiger partial charge in [-0.3, -0.25) is 4.99 Å². The number of benzene rings is 1. The van der Waals surface area contributed by atoms with E-state index in [1.165, 1.54) is 0 Å². The molecule has 0 aromatic heterocycles. The molecule has 2 atom stereocenters. The van der Waals surface area contributed by atoms with E-state index >= 15 is 0 Å². The van der Waals surface area contributed by atoms with Gasteiger partial charge in [-0.05, 0) is 43.4 Å². The molecule has 0 saturated carbocycles. The van der Waals surface area contributed by atoms with E-state index in [0.29, 0.717) is 31.7 Å². The minimum atomic E-state index is -3.51. The number of nitrogens with one attached hydrogen (secondary N) is 3. The lowest BCUT2D eigenvalue weighted by molar-refractivity contribution is 0.114. The summed E-state index contributed by atoms with van der Waals surface area (Å²) in [7, 11) is -1.78. The molecule has 1 heterocycles. The smallest absolute Gasteiger partial charge is 0.240 e. The van der Waals surface area contributed by atoms with Gasteiger partial charge >= 0.3 is 0 Å². The largest absolute Gasteiger partial charge is 0.377 e. The van der Waals surface area contributed by atoms with Gasteiger partial charge in [0.15, 0.2) is 5.96 Å². The molecule has 28 heavy (non-hydrogen) atoms. The van der Waals surface area contributed by atoms with E-state index in [0.717, 1.165) is 24.4 Å². The van der Waals surface area contributed by atoms with E-state index < -0.39 is 10.0 Å². The van der Waals surface area contributed by atoms with E-state index in [4.69, 9.17) is 4.74 Å². The van der Waals surface area contributed by atoms with Crippen LogP contribution in [0.2, 0.25) is 0 Å². The number of sulfonamides is 1. The lowest BCUT2D eigenvalue weighted by Gasteiger charge is -2.20. The third-order valence-corrected chi connectivity index (χ3v) is 6.25. The topological polar surface area (TPSA) is 91.8 Å². The van der Waals surface area contributed by atoms with Gasteiger partial charge in [0.05, 0.1) is 11.0 Å². The summed E-state index contributed by atoms with van der Waals surface area (Å²) in [6, 6.07) is 7.18. The number of aliphatic imine (C=N–C) groups is 1. The molecule has 0 aliphatic carbocycles. The van der Waals surface area contributed by atoms with E-state index in [-0.39, 0.29) is 35.0 Å². The number of hydrogen-bond donors (Lipinski definition) is 3. The fraction of sp³-hybridized carbons (Fsp3) is 0.632. The molecule has 160 valence electrons. The predicted octanol–water partition coefficient (Wildman–Crippen LogP) is 2.47. The SMILES string of the molecule is CN=C(NCc1ccc(S(=O)(=O)NCC2CCCO2)cc1)NC(C)C(C)C.I. The summed E-state index contributed by atoms with van der Waals surface area (Å²) in [5.41, 5.74) is 0.980. The van der Waals surface area contributed by atoms with Crippen LogP contribution in [0.3, 0.4) is 0 Å². The van der Waals surface area contributed by atoms with Gasteiger partial charge in [0, 0.05) is 32.8 Å². The van der Waals surface area contributed by atoms with E-state index in [1.807, 2.05) is 12.1 Å². The van der Waals surface area contributed by atoms with Crippen LogP contribution in [0.1, 0.15) is 39.2 Å². The van der Waals surface area contributed by atoms with Gasteiger partial charge in [-0.1, -0.05) is 26.0 Å². The molecule has 2 unspecified atom stereocenters. The Morgan fingerprint density at radius 1 is 1.25 bits per heavy atom. The van der Waals surface area contributed by atoms with Crippen LogP contribution in [0, 0.1) is 5.92 Å². The van der Waals surface area contributed by atoms with Crippen molar-refractivity contribution in [1.82, 2.24) is 15.4 Å². The molecule has 0 spiro atoms. The zero-order chi connectivity index (χ0) is 19.9. The molecule has 3 N–H and O–H groups in total. The van der Waals surface area contributed by atoms with Crippen molar-refractivity contribution in [2.75, 3.05) is 20.2 Å². The molecule has 0 amide bonds. The second kappa shape index (κ2) is 11.9. The van der Waals surface area contributed by atoms with Gasteiger partial charge < -0.3 is 15.4 Å². The molecule has 0 radical (unpaired) electrons. The molecule has 2 rings (SSSR count). The first kappa shape index (κ1) is 25.1. The molecular formula is C19H33IN4O3S. The average Bonchev–Trinajstić information content (AvgIpc) is 3.17.